The topological polar surface area (TPSA) is 123 Å². The Hall–Kier alpha value is -3.10. The minimum atomic E-state index is -0.805. The van der Waals surface area contributed by atoms with Crippen LogP contribution < -0.4 is 20.7 Å². The van der Waals surface area contributed by atoms with Gasteiger partial charge in [0.2, 0.25) is 0 Å². The maximum Gasteiger partial charge on any atom is 0.325 e. The van der Waals surface area contributed by atoms with Gasteiger partial charge >= 0.3 is 12.0 Å². The van der Waals surface area contributed by atoms with Crippen molar-refractivity contribution in [1.82, 2.24) is 16.0 Å². The highest BCUT2D eigenvalue weighted by molar-refractivity contribution is 5.97. The van der Waals surface area contributed by atoms with E-state index in [4.69, 9.17) is 4.74 Å². The van der Waals surface area contributed by atoms with E-state index in [0.29, 0.717) is 17.9 Å². The summed E-state index contributed by atoms with van der Waals surface area (Å²) in [5, 5.41) is 6.81. The number of imide groups is 1. The number of hydrogen-bond acceptors (Lipinski definition) is 6. The zero-order valence-corrected chi connectivity index (χ0v) is 14.1. The number of benzene rings is 1. The van der Waals surface area contributed by atoms with Crippen LogP contribution in [0.2, 0.25) is 0 Å². The van der Waals surface area contributed by atoms with E-state index in [-0.39, 0.29) is 0 Å². The number of amides is 4. The lowest BCUT2D eigenvalue weighted by Gasteiger charge is -2.08. The molecule has 9 heteroatoms. The van der Waals surface area contributed by atoms with E-state index in [0.717, 1.165) is 6.42 Å². The molecular weight excluding hydrogens is 330 g/mol. The maximum absolute atomic E-state index is 11.9. The van der Waals surface area contributed by atoms with Gasteiger partial charge in [-0.05, 0) is 24.6 Å². The molecule has 0 aliphatic carbocycles. The maximum atomic E-state index is 11.9. The molecule has 0 aliphatic heterocycles. The summed E-state index contributed by atoms with van der Waals surface area (Å²) in [6, 6.07) is 5.74. The molecule has 0 fully saturated rings. The van der Waals surface area contributed by atoms with Crippen LogP contribution in [0.25, 0.3) is 0 Å². The van der Waals surface area contributed by atoms with Crippen molar-refractivity contribution in [2.75, 3.05) is 26.8 Å². The molecule has 0 atom stereocenters. The first-order valence-electron chi connectivity index (χ1n) is 7.61. The Morgan fingerprint density at radius 1 is 1.12 bits per heavy atom. The smallest absolute Gasteiger partial charge is 0.325 e. The van der Waals surface area contributed by atoms with E-state index in [1.807, 2.05) is 12.2 Å². The molecule has 0 aromatic heterocycles. The fraction of sp³-hybridized carbons (Fsp3) is 0.375. The summed E-state index contributed by atoms with van der Waals surface area (Å²) < 4.78 is 9.67. The monoisotopic (exact) mass is 351 g/mol. The van der Waals surface area contributed by atoms with Crippen molar-refractivity contribution in [3.05, 3.63) is 29.8 Å². The predicted molar refractivity (Wildman–Crippen MR) is 88.1 cm³/mol. The number of methoxy groups -OCH3 is 1. The van der Waals surface area contributed by atoms with Crippen LogP contribution in [0, 0.1) is 0 Å². The molecule has 136 valence electrons. The Bertz CT molecular complexity index is 632. The highest BCUT2D eigenvalue weighted by Crippen LogP contribution is 2.12. The lowest BCUT2D eigenvalue weighted by Crippen LogP contribution is -2.42. The number of carbonyl (C=O) groups is 4. The Kier molecular flexibility index (Phi) is 8.48. The molecule has 3 N–H and O–H groups in total. The molecule has 25 heavy (non-hydrogen) atoms. The van der Waals surface area contributed by atoms with Crippen LogP contribution in [0.3, 0.4) is 0 Å². The zero-order valence-electron chi connectivity index (χ0n) is 14.1. The Balaban J connectivity index is 2.31. The number of esters is 1. The fourth-order valence-corrected chi connectivity index (χ4v) is 1.66. The van der Waals surface area contributed by atoms with Gasteiger partial charge in [0.1, 0.15) is 12.3 Å². The van der Waals surface area contributed by atoms with Gasteiger partial charge < -0.3 is 20.1 Å². The van der Waals surface area contributed by atoms with Gasteiger partial charge in [-0.1, -0.05) is 13.0 Å². The van der Waals surface area contributed by atoms with Crippen LogP contribution in [-0.4, -0.2) is 50.6 Å². The normalized spacial score (nSPS) is 9.68. The molecule has 0 bridgehead atoms. The van der Waals surface area contributed by atoms with Gasteiger partial charge in [-0.25, -0.2) is 4.79 Å². The largest absolute Gasteiger partial charge is 0.497 e. The zero-order chi connectivity index (χ0) is 18.7. The van der Waals surface area contributed by atoms with Crippen molar-refractivity contribution in [1.29, 1.82) is 0 Å². The van der Waals surface area contributed by atoms with Crippen LogP contribution in [-0.2, 0) is 14.3 Å². The minimum absolute atomic E-state index is 0.317. The number of carbonyl (C=O) groups excluding carboxylic acids is 4. The Morgan fingerprint density at radius 2 is 1.88 bits per heavy atom. The molecule has 0 aliphatic rings. The molecule has 1 rings (SSSR count). The molecule has 0 saturated heterocycles. The first-order chi connectivity index (χ1) is 12.0. The molecule has 0 spiro atoms. The van der Waals surface area contributed by atoms with E-state index >= 15 is 0 Å². The summed E-state index contributed by atoms with van der Waals surface area (Å²) in [6.07, 6.45) is 0.726. The second-order valence-electron chi connectivity index (χ2n) is 4.88. The molecular formula is C16H21N3O6. The van der Waals surface area contributed by atoms with Gasteiger partial charge in [0.15, 0.2) is 6.61 Å². The molecule has 0 unspecified atom stereocenters. The van der Waals surface area contributed by atoms with Gasteiger partial charge in [0, 0.05) is 12.1 Å². The third kappa shape index (κ3) is 7.82. The summed E-state index contributed by atoms with van der Waals surface area (Å²) in [5.74, 6) is -1.55. The average Bonchev–Trinajstić information content (AvgIpc) is 2.62. The highest BCUT2D eigenvalue weighted by atomic mass is 16.5. The van der Waals surface area contributed by atoms with E-state index in [9.17, 15) is 19.2 Å². The summed E-state index contributed by atoms with van der Waals surface area (Å²) >= 11 is 0. The Morgan fingerprint density at radius 3 is 2.56 bits per heavy atom. The van der Waals surface area contributed by atoms with Gasteiger partial charge in [-0.3, -0.25) is 19.7 Å². The molecule has 9 nitrogen and oxygen atoms in total. The van der Waals surface area contributed by atoms with Crippen molar-refractivity contribution in [2.45, 2.75) is 13.3 Å². The van der Waals surface area contributed by atoms with Gasteiger partial charge in [0.25, 0.3) is 11.8 Å². The van der Waals surface area contributed by atoms with Gasteiger partial charge in [-0.15, -0.1) is 0 Å². The standard InChI is InChI=1S/C16H21N3O6/c1-3-7-17-16(23)19-13(20)10-25-14(21)9-18-15(22)11-5-4-6-12(8-11)24-2/h4-6,8H,3,7,9-10H2,1-2H3,(H,18,22)(H2,17,19,20,23). The van der Waals surface area contributed by atoms with E-state index < -0.39 is 37.0 Å². The first-order valence-corrected chi connectivity index (χ1v) is 7.61. The summed E-state index contributed by atoms with van der Waals surface area (Å²) in [5.41, 5.74) is 0.317. The summed E-state index contributed by atoms with van der Waals surface area (Å²) in [4.78, 5) is 46.0. The second-order valence-corrected chi connectivity index (χ2v) is 4.88. The van der Waals surface area contributed by atoms with Gasteiger partial charge in [0.05, 0.1) is 7.11 Å². The molecule has 0 saturated carbocycles. The molecule has 4 amide bonds. The third-order valence-electron chi connectivity index (χ3n) is 2.88. The number of nitrogens with one attached hydrogen (secondary N) is 3. The van der Waals surface area contributed by atoms with Crippen molar-refractivity contribution >= 4 is 23.8 Å². The molecule has 0 heterocycles. The van der Waals surface area contributed by atoms with Gasteiger partial charge in [-0.2, -0.15) is 0 Å². The third-order valence-corrected chi connectivity index (χ3v) is 2.88. The highest BCUT2D eigenvalue weighted by Gasteiger charge is 2.12. The molecule has 1 aromatic rings. The second kappa shape index (κ2) is 10.6. The summed E-state index contributed by atoms with van der Waals surface area (Å²) in [7, 11) is 1.47. The Labute approximate surface area is 145 Å². The quantitative estimate of drug-likeness (QED) is 0.575. The number of rotatable bonds is 8. The molecule has 0 radical (unpaired) electrons. The van der Waals surface area contributed by atoms with Crippen LogP contribution in [0.5, 0.6) is 5.75 Å². The number of ether oxygens (including phenoxy) is 2. The number of hydrogen-bond donors (Lipinski definition) is 3. The van der Waals surface area contributed by atoms with Crippen molar-refractivity contribution in [2.24, 2.45) is 0 Å². The van der Waals surface area contributed by atoms with Crippen LogP contribution >= 0.6 is 0 Å². The number of urea groups is 1. The SMILES string of the molecule is CCCNC(=O)NC(=O)COC(=O)CNC(=O)c1cccc(OC)c1. The lowest BCUT2D eigenvalue weighted by molar-refractivity contribution is -0.147. The van der Waals surface area contributed by atoms with E-state index in [2.05, 4.69) is 15.4 Å². The average molecular weight is 351 g/mol. The molecule has 1 aromatic carbocycles. The fourth-order valence-electron chi connectivity index (χ4n) is 1.66. The first kappa shape index (κ1) is 19.9. The van der Waals surface area contributed by atoms with Crippen LogP contribution in [0.4, 0.5) is 4.79 Å². The van der Waals surface area contributed by atoms with Crippen LogP contribution in [0.1, 0.15) is 23.7 Å². The van der Waals surface area contributed by atoms with E-state index in [1.165, 1.54) is 13.2 Å². The summed E-state index contributed by atoms with van der Waals surface area (Å²) in [6.45, 7) is 1.26. The lowest BCUT2D eigenvalue weighted by atomic mass is 10.2. The van der Waals surface area contributed by atoms with E-state index in [1.54, 1.807) is 18.2 Å². The van der Waals surface area contributed by atoms with Crippen molar-refractivity contribution in [3.63, 3.8) is 0 Å². The van der Waals surface area contributed by atoms with Crippen molar-refractivity contribution in [3.8, 4) is 5.75 Å². The predicted octanol–water partition coefficient (Wildman–Crippen LogP) is 0.204. The van der Waals surface area contributed by atoms with Crippen molar-refractivity contribution < 1.29 is 28.7 Å². The van der Waals surface area contributed by atoms with Crippen LogP contribution in [0.15, 0.2) is 24.3 Å². The minimum Gasteiger partial charge on any atom is -0.497 e.